The number of benzene rings is 2. The minimum atomic E-state index is -4.69. The summed E-state index contributed by atoms with van der Waals surface area (Å²) >= 11 is 5.58. The summed E-state index contributed by atoms with van der Waals surface area (Å²) in [4.78, 5) is 12.6. The molecular formula is C18H16ClF3N2O4S. The number of rotatable bonds is 4. The number of amides is 1. The van der Waals surface area contributed by atoms with Crippen LogP contribution >= 0.6 is 11.6 Å². The Morgan fingerprint density at radius 2 is 1.97 bits per heavy atom. The van der Waals surface area contributed by atoms with Crippen LogP contribution in [-0.4, -0.2) is 32.7 Å². The van der Waals surface area contributed by atoms with Crippen molar-refractivity contribution in [3.05, 3.63) is 53.1 Å². The Labute approximate surface area is 170 Å². The van der Waals surface area contributed by atoms with E-state index in [1.807, 2.05) is 0 Å². The van der Waals surface area contributed by atoms with Gasteiger partial charge in [-0.1, -0.05) is 23.7 Å². The number of hydrogen-bond acceptors (Lipinski definition) is 4. The van der Waals surface area contributed by atoms with Crippen LogP contribution in [0.5, 0.6) is 5.75 Å². The van der Waals surface area contributed by atoms with Gasteiger partial charge in [0.15, 0.2) is 6.10 Å². The van der Waals surface area contributed by atoms with E-state index in [9.17, 15) is 26.4 Å². The van der Waals surface area contributed by atoms with E-state index in [1.165, 1.54) is 19.1 Å². The van der Waals surface area contributed by atoms with Crippen molar-refractivity contribution >= 4 is 38.9 Å². The van der Waals surface area contributed by atoms with E-state index < -0.39 is 38.8 Å². The van der Waals surface area contributed by atoms with Crippen LogP contribution in [0.3, 0.4) is 0 Å². The number of hydrogen-bond donors (Lipinski definition) is 1. The number of carbonyl (C=O) groups excluding carboxylic acids is 1. The maximum Gasteiger partial charge on any atom is 0.417 e. The van der Waals surface area contributed by atoms with Gasteiger partial charge in [-0.2, -0.15) is 13.2 Å². The number of halogens is 4. The molecule has 6 nitrogen and oxygen atoms in total. The van der Waals surface area contributed by atoms with E-state index in [0.717, 1.165) is 10.4 Å². The molecule has 11 heteroatoms. The van der Waals surface area contributed by atoms with Crippen molar-refractivity contribution in [1.29, 1.82) is 0 Å². The highest BCUT2D eigenvalue weighted by molar-refractivity contribution is 7.92. The lowest BCUT2D eigenvalue weighted by Gasteiger charge is -2.34. The van der Waals surface area contributed by atoms with Crippen LogP contribution < -0.4 is 14.4 Å². The Hall–Kier alpha value is -2.46. The van der Waals surface area contributed by atoms with Gasteiger partial charge in [0.05, 0.1) is 28.6 Å². The Morgan fingerprint density at radius 3 is 2.62 bits per heavy atom. The van der Waals surface area contributed by atoms with Crippen molar-refractivity contribution in [2.24, 2.45) is 0 Å². The molecule has 1 N–H and O–H groups in total. The molecule has 156 valence electrons. The van der Waals surface area contributed by atoms with Gasteiger partial charge in [-0.05, 0) is 37.3 Å². The average molecular weight is 449 g/mol. The lowest BCUT2D eigenvalue weighted by Crippen LogP contribution is -2.49. The number of alkyl halides is 3. The summed E-state index contributed by atoms with van der Waals surface area (Å²) in [6.45, 7) is 1.16. The molecule has 0 aliphatic carbocycles. The fourth-order valence-electron chi connectivity index (χ4n) is 2.80. The van der Waals surface area contributed by atoms with Crippen molar-refractivity contribution in [2.45, 2.75) is 19.2 Å². The molecule has 3 rings (SSSR count). The van der Waals surface area contributed by atoms with Gasteiger partial charge in [0, 0.05) is 5.69 Å². The normalized spacial score (nSPS) is 16.7. The van der Waals surface area contributed by atoms with E-state index >= 15 is 0 Å². The van der Waals surface area contributed by atoms with E-state index in [4.69, 9.17) is 16.3 Å². The molecule has 0 fully saturated rings. The van der Waals surface area contributed by atoms with Crippen LogP contribution in [0.2, 0.25) is 5.02 Å². The first-order valence-electron chi connectivity index (χ1n) is 8.46. The first-order chi connectivity index (χ1) is 13.5. The second-order valence-electron chi connectivity index (χ2n) is 6.19. The van der Waals surface area contributed by atoms with Gasteiger partial charge in [0.1, 0.15) is 5.75 Å². The summed E-state index contributed by atoms with van der Waals surface area (Å²) in [5, 5.41) is 1.83. The van der Waals surface area contributed by atoms with Gasteiger partial charge >= 0.3 is 6.18 Å². The van der Waals surface area contributed by atoms with Gasteiger partial charge < -0.3 is 10.1 Å². The highest BCUT2D eigenvalue weighted by Gasteiger charge is 2.37. The highest BCUT2D eigenvalue weighted by atomic mass is 35.5. The molecule has 1 atom stereocenters. The molecule has 29 heavy (non-hydrogen) atoms. The zero-order valence-corrected chi connectivity index (χ0v) is 16.6. The van der Waals surface area contributed by atoms with Gasteiger partial charge in [-0.15, -0.1) is 0 Å². The molecule has 0 bridgehead atoms. The molecule has 1 aliphatic rings. The first kappa shape index (κ1) is 21.3. The number of sulfonamides is 1. The smallest absolute Gasteiger partial charge is 0.417 e. The summed E-state index contributed by atoms with van der Waals surface area (Å²) in [6.07, 6.45) is -5.94. The number of nitrogens with zero attached hydrogens (tertiary/aromatic N) is 1. The fourth-order valence-corrected chi connectivity index (χ4v) is 4.15. The molecule has 2 aromatic rings. The topological polar surface area (TPSA) is 75.7 Å². The monoisotopic (exact) mass is 448 g/mol. The zero-order valence-electron chi connectivity index (χ0n) is 15.0. The highest BCUT2D eigenvalue weighted by Crippen LogP contribution is 2.37. The van der Waals surface area contributed by atoms with Crippen molar-refractivity contribution in [2.75, 3.05) is 21.9 Å². The molecule has 0 saturated heterocycles. The second-order valence-corrected chi connectivity index (χ2v) is 8.78. The quantitative estimate of drug-likeness (QED) is 0.769. The summed E-state index contributed by atoms with van der Waals surface area (Å²) in [7, 11) is -3.70. The third kappa shape index (κ3) is 4.43. The molecule has 0 spiro atoms. The Bertz CT molecular complexity index is 1040. The molecule has 0 saturated carbocycles. The average Bonchev–Trinajstić information content (AvgIpc) is 2.67. The minimum Gasteiger partial charge on any atom is -0.476 e. The minimum absolute atomic E-state index is 0.140. The third-order valence-corrected chi connectivity index (χ3v) is 6.34. The Kier molecular flexibility index (Phi) is 5.68. The largest absolute Gasteiger partial charge is 0.476 e. The van der Waals surface area contributed by atoms with Crippen molar-refractivity contribution in [3.63, 3.8) is 0 Å². The van der Waals surface area contributed by atoms with Crippen LogP contribution in [-0.2, 0) is 21.0 Å². The molecule has 2 aromatic carbocycles. The molecular weight excluding hydrogens is 433 g/mol. The maximum absolute atomic E-state index is 13.0. The van der Waals surface area contributed by atoms with Crippen molar-refractivity contribution in [3.8, 4) is 5.75 Å². The van der Waals surface area contributed by atoms with E-state index in [-0.39, 0.29) is 23.7 Å². The lowest BCUT2D eigenvalue weighted by molar-refractivity contribution is -0.137. The van der Waals surface area contributed by atoms with E-state index in [0.29, 0.717) is 11.8 Å². The van der Waals surface area contributed by atoms with Crippen molar-refractivity contribution < 1.29 is 31.1 Å². The molecule has 1 heterocycles. The summed E-state index contributed by atoms with van der Waals surface area (Å²) in [6, 6.07) is 9.25. The van der Waals surface area contributed by atoms with Gasteiger partial charge in [0.25, 0.3) is 5.91 Å². The zero-order chi connectivity index (χ0) is 21.4. The Morgan fingerprint density at radius 1 is 1.28 bits per heavy atom. The SMILES string of the molecule is CCS(=O)(=O)N1C[C@H](C(=O)Nc2ccc(Cl)c(C(F)(F)F)c2)Oc2ccccc21. The number of anilines is 2. The van der Waals surface area contributed by atoms with Crippen molar-refractivity contribution in [1.82, 2.24) is 0 Å². The second kappa shape index (κ2) is 7.75. The van der Waals surface area contributed by atoms with Crippen LogP contribution in [0.1, 0.15) is 12.5 Å². The van der Waals surface area contributed by atoms with Gasteiger partial charge in [-0.3, -0.25) is 9.10 Å². The van der Waals surface area contributed by atoms with E-state index in [1.54, 1.807) is 18.2 Å². The van der Waals surface area contributed by atoms with Crippen LogP contribution in [0.15, 0.2) is 42.5 Å². The third-order valence-electron chi connectivity index (χ3n) is 4.27. The number of fused-ring (bicyclic) bond motifs is 1. The maximum atomic E-state index is 13.0. The van der Waals surface area contributed by atoms with Gasteiger partial charge in [-0.25, -0.2) is 8.42 Å². The summed E-state index contributed by atoms with van der Waals surface area (Å²) in [5.41, 5.74) is -0.939. The van der Waals surface area contributed by atoms with Gasteiger partial charge in [0.2, 0.25) is 10.0 Å². The van der Waals surface area contributed by atoms with Crippen LogP contribution in [0.4, 0.5) is 24.5 Å². The van der Waals surface area contributed by atoms with Crippen LogP contribution in [0.25, 0.3) is 0 Å². The number of ether oxygens (including phenoxy) is 1. The predicted octanol–water partition coefficient (Wildman–Crippen LogP) is 3.91. The summed E-state index contributed by atoms with van der Waals surface area (Å²) in [5.74, 6) is -0.795. The fraction of sp³-hybridized carbons (Fsp3) is 0.278. The summed E-state index contributed by atoms with van der Waals surface area (Å²) < 4.78 is 70.6. The lowest BCUT2D eigenvalue weighted by atomic mass is 10.1. The van der Waals surface area contributed by atoms with Crippen LogP contribution in [0, 0.1) is 0 Å². The Balaban J connectivity index is 1.87. The van der Waals surface area contributed by atoms with E-state index in [2.05, 4.69) is 5.32 Å². The molecule has 1 amide bonds. The predicted molar refractivity (Wildman–Crippen MR) is 103 cm³/mol. The molecule has 1 aliphatic heterocycles. The molecule has 0 unspecified atom stereocenters. The molecule has 0 aromatic heterocycles. The number of para-hydroxylation sites is 2. The molecule has 0 radical (unpaired) electrons. The number of carbonyl (C=O) groups is 1. The number of nitrogens with one attached hydrogen (secondary N) is 1. The standard InChI is InChI=1S/C18H16ClF3N2O4S/c1-2-29(26,27)24-10-16(28-15-6-4-3-5-14(15)24)17(25)23-11-7-8-13(19)12(9-11)18(20,21)22/h3-9,16H,2,10H2,1H3,(H,23,25)/t16-/m1/s1. The first-order valence-corrected chi connectivity index (χ1v) is 10.5.